The van der Waals surface area contributed by atoms with E-state index in [1.807, 2.05) is 0 Å². The Kier molecular flexibility index (Phi) is 3.85. The van der Waals surface area contributed by atoms with Gasteiger partial charge >= 0.3 is 5.69 Å². The highest BCUT2D eigenvalue weighted by Crippen LogP contribution is 2.28. The van der Waals surface area contributed by atoms with Gasteiger partial charge in [0.2, 0.25) is 0 Å². The van der Waals surface area contributed by atoms with Crippen LogP contribution in [0, 0.1) is 0 Å². The molecule has 1 aliphatic rings. The molecule has 0 aromatic carbocycles. The average molecular weight is 271 g/mol. The van der Waals surface area contributed by atoms with Gasteiger partial charge in [-0.25, -0.2) is 4.79 Å². The number of nitrogens with zero attached hydrogens (tertiary/aromatic N) is 3. The van der Waals surface area contributed by atoms with E-state index in [2.05, 4.69) is 4.98 Å². The fourth-order valence-corrected chi connectivity index (χ4v) is 1.96. The van der Waals surface area contributed by atoms with Crippen LogP contribution in [0.3, 0.4) is 0 Å². The van der Waals surface area contributed by atoms with E-state index in [4.69, 9.17) is 9.84 Å². The van der Waals surface area contributed by atoms with E-state index in [0.29, 0.717) is 5.82 Å². The van der Waals surface area contributed by atoms with Gasteiger partial charge in [-0.2, -0.15) is 4.98 Å². The second-order valence-corrected chi connectivity index (χ2v) is 4.60. The van der Waals surface area contributed by atoms with Crippen molar-refractivity contribution in [3.8, 4) is 0 Å². The Morgan fingerprint density at radius 2 is 2.11 bits per heavy atom. The fourth-order valence-electron chi connectivity index (χ4n) is 1.96. The summed E-state index contributed by atoms with van der Waals surface area (Å²) in [7, 11) is 3.50. The SMILES string of the molecule is CN(C)c1ccn([C@@H]2O[C@H](CO)C(O)C2O)c(=O)n1. The first-order valence-corrected chi connectivity index (χ1v) is 5.84. The molecule has 1 aromatic heterocycles. The molecule has 0 saturated carbocycles. The summed E-state index contributed by atoms with van der Waals surface area (Å²) in [5.41, 5.74) is -0.596. The molecule has 0 radical (unpaired) electrons. The molecule has 0 amide bonds. The van der Waals surface area contributed by atoms with Crippen molar-refractivity contribution in [1.29, 1.82) is 0 Å². The molecule has 1 aromatic rings. The minimum atomic E-state index is -1.29. The zero-order valence-corrected chi connectivity index (χ0v) is 10.7. The quantitative estimate of drug-likeness (QED) is 0.579. The van der Waals surface area contributed by atoms with E-state index in [9.17, 15) is 15.0 Å². The lowest BCUT2D eigenvalue weighted by Gasteiger charge is -2.18. The summed E-state index contributed by atoms with van der Waals surface area (Å²) in [5, 5.41) is 28.5. The van der Waals surface area contributed by atoms with Crippen LogP contribution in [0.4, 0.5) is 5.82 Å². The lowest BCUT2D eigenvalue weighted by atomic mass is 10.1. The normalized spacial score (nSPS) is 30.6. The van der Waals surface area contributed by atoms with Crippen LogP contribution in [-0.4, -0.2) is 63.9 Å². The monoisotopic (exact) mass is 271 g/mol. The van der Waals surface area contributed by atoms with Gasteiger partial charge in [-0.3, -0.25) is 4.57 Å². The Bertz CT molecular complexity index is 503. The summed E-state index contributed by atoms with van der Waals surface area (Å²) in [6.07, 6.45) is -3.06. The van der Waals surface area contributed by atoms with E-state index in [1.165, 1.54) is 6.20 Å². The van der Waals surface area contributed by atoms with Crippen LogP contribution in [0.2, 0.25) is 0 Å². The highest BCUT2D eigenvalue weighted by atomic mass is 16.6. The third kappa shape index (κ3) is 2.47. The molecule has 3 N–H and O–H groups in total. The topological polar surface area (TPSA) is 108 Å². The minimum Gasteiger partial charge on any atom is -0.394 e. The maximum absolute atomic E-state index is 11.9. The predicted octanol–water partition coefficient (Wildman–Crippen LogP) is -2.08. The molecule has 4 atom stereocenters. The fraction of sp³-hybridized carbons (Fsp3) is 0.636. The molecule has 0 bridgehead atoms. The van der Waals surface area contributed by atoms with E-state index in [-0.39, 0.29) is 0 Å². The van der Waals surface area contributed by atoms with E-state index >= 15 is 0 Å². The first-order valence-electron chi connectivity index (χ1n) is 5.84. The number of aliphatic hydroxyl groups excluding tert-OH is 3. The Morgan fingerprint density at radius 1 is 1.42 bits per heavy atom. The molecule has 106 valence electrons. The predicted molar refractivity (Wildman–Crippen MR) is 65.8 cm³/mol. The molecule has 1 saturated heterocycles. The number of rotatable bonds is 3. The molecule has 0 aliphatic carbocycles. The van der Waals surface area contributed by atoms with Gasteiger partial charge in [0.15, 0.2) is 6.23 Å². The highest BCUT2D eigenvalue weighted by molar-refractivity contribution is 5.33. The minimum absolute atomic E-state index is 0.438. The van der Waals surface area contributed by atoms with Crippen molar-refractivity contribution in [1.82, 2.24) is 9.55 Å². The van der Waals surface area contributed by atoms with Crippen LogP contribution in [0.25, 0.3) is 0 Å². The second-order valence-electron chi connectivity index (χ2n) is 4.60. The largest absolute Gasteiger partial charge is 0.394 e. The Hall–Kier alpha value is -1.48. The maximum atomic E-state index is 11.9. The van der Waals surface area contributed by atoms with Gasteiger partial charge < -0.3 is 25.0 Å². The van der Waals surface area contributed by atoms with Gasteiger partial charge in [-0.1, -0.05) is 0 Å². The number of aliphatic hydroxyl groups is 3. The molecular weight excluding hydrogens is 254 g/mol. The van der Waals surface area contributed by atoms with Gasteiger partial charge in [0.25, 0.3) is 0 Å². The number of hydrogen-bond donors (Lipinski definition) is 3. The molecule has 1 fully saturated rings. The molecule has 2 rings (SSSR count). The van der Waals surface area contributed by atoms with Gasteiger partial charge in [0.1, 0.15) is 24.1 Å². The third-order valence-corrected chi connectivity index (χ3v) is 3.06. The zero-order valence-electron chi connectivity index (χ0n) is 10.7. The first kappa shape index (κ1) is 13.9. The summed E-state index contributed by atoms with van der Waals surface area (Å²) in [6, 6.07) is 1.59. The smallest absolute Gasteiger partial charge is 0.351 e. The van der Waals surface area contributed by atoms with E-state index in [0.717, 1.165) is 4.57 Å². The van der Waals surface area contributed by atoms with Crippen LogP contribution < -0.4 is 10.6 Å². The van der Waals surface area contributed by atoms with Crippen LogP contribution in [-0.2, 0) is 4.74 Å². The molecule has 2 heterocycles. The van der Waals surface area contributed by atoms with Crippen LogP contribution >= 0.6 is 0 Å². The van der Waals surface area contributed by atoms with Gasteiger partial charge in [-0.05, 0) is 6.07 Å². The van der Waals surface area contributed by atoms with Crippen molar-refractivity contribution in [3.63, 3.8) is 0 Å². The maximum Gasteiger partial charge on any atom is 0.351 e. The van der Waals surface area contributed by atoms with Crippen molar-refractivity contribution in [2.24, 2.45) is 0 Å². The molecule has 8 heteroatoms. The van der Waals surface area contributed by atoms with E-state index in [1.54, 1.807) is 25.1 Å². The van der Waals surface area contributed by atoms with Crippen LogP contribution in [0.5, 0.6) is 0 Å². The highest BCUT2D eigenvalue weighted by Gasteiger charge is 2.43. The Balaban J connectivity index is 2.31. The Labute approximate surface area is 109 Å². The van der Waals surface area contributed by atoms with Crippen molar-refractivity contribution in [2.45, 2.75) is 24.5 Å². The molecule has 8 nitrogen and oxygen atoms in total. The Morgan fingerprint density at radius 3 is 2.58 bits per heavy atom. The van der Waals surface area contributed by atoms with Gasteiger partial charge in [0, 0.05) is 20.3 Å². The number of ether oxygens (including phenoxy) is 1. The molecular formula is C11H17N3O5. The second kappa shape index (κ2) is 5.25. The lowest BCUT2D eigenvalue weighted by Crippen LogP contribution is -2.36. The summed E-state index contributed by atoms with van der Waals surface area (Å²) < 4.78 is 6.36. The van der Waals surface area contributed by atoms with Crippen molar-refractivity contribution >= 4 is 5.82 Å². The van der Waals surface area contributed by atoms with Gasteiger partial charge in [0.05, 0.1) is 6.61 Å². The summed E-state index contributed by atoms with van der Waals surface area (Å²) in [5.74, 6) is 0.480. The number of anilines is 1. The van der Waals surface area contributed by atoms with Crippen LogP contribution in [0.1, 0.15) is 6.23 Å². The number of aromatic nitrogens is 2. The summed E-state index contributed by atoms with van der Waals surface area (Å²) in [6.45, 7) is -0.438. The standard InChI is InChI=1S/C11H17N3O5/c1-13(2)7-3-4-14(11(18)12-7)10-9(17)8(16)6(5-15)19-10/h3-4,6,8-10,15-17H,5H2,1-2H3/t6-,8?,9?,10-/m1/s1. The van der Waals surface area contributed by atoms with E-state index < -0.39 is 36.8 Å². The van der Waals surface area contributed by atoms with Crippen molar-refractivity contribution < 1.29 is 20.1 Å². The summed E-state index contributed by atoms with van der Waals surface area (Å²) >= 11 is 0. The molecule has 1 aliphatic heterocycles. The molecule has 2 unspecified atom stereocenters. The average Bonchev–Trinajstić information content (AvgIpc) is 2.66. The summed E-state index contributed by atoms with van der Waals surface area (Å²) in [4.78, 5) is 17.4. The molecule has 0 spiro atoms. The zero-order chi connectivity index (χ0) is 14.2. The third-order valence-electron chi connectivity index (χ3n) is 3.06. The molecule has 19 heavy (non-hydrogen) atoms. The van der Waals surface area contributed by atoms with Crippen molar-refractivity contribution in [2.75, 3.05) is 25.6 Å². The lowest BCUT2D eigenvalue weighted by molar-refractivity contribution is -0.0549. The van der Waals surface area contributed by atoms with Gasteiger partial charge in [-0.15, -0.1) is 0 Å². The number of hydrogen-bond acceptors (Lipinski definition) is 7. The van der Waals surface area contributed by atoms with Crippen LogP contribution in [0.15, 0.2) is 17.1 Å². The first-order chi connectivity index (χ1) is 8.95. The van der Waals surface area contributed by atoms with Crippen molar-refractivity contribution in [3.05, 3.63) is 22.7 Å².